The molecule has 85 valence electrons. The number of halogens is 2. The number of benzene rings is 1. The Morgan fingerprint density at radius 3 is 2.31 bits per heavy atom. The Hall–Kier alpha value is 0.124. The number of hydrogen-bond donors (Lipinski definition) is 0. The molecule has 0 aliphatic carbocycles. The first-order valence-corrected chi connectivity index (χ1v) is 4.84. The zero-order valence-electron chi connectivity index (χ0n) is 9.72. The summed E-state index contributed by atoms with van der Waals surface area (Å²) >= 11 is 0. The maximum absolute atomic E-state index is 2.28. The average molecular weight is 290 g/mol. The van der Waals surface area contributed by atoms with Gasteiger partial charge in [-0.3, -0.25) is 0 Å². The van der Waals surface area contributed by atoms with Gasteiger partial charge in [0.15, 0.2) is 0 Å². The van der Waals surface area contributed by atoms with Gasteiger partial charge in [-0.25, -0.2) is 0 Å². The smallest absolute Gasteiger partial charge is 1.00 e. The van der Waals surface area contributed by atoms with Gasteiger partial charge in [0.25, 0.3) is 0 Å². The predicted molar refractivity (Wildman–Crippen MR) is 58.4 cm³/mol. The van der Waals surface area contributed by atoms with Crippen LogP contribution in [0, 0.1) is 6.92 Å². The van der Waals surface area contributed by atoms with E-state index in [1.807, 2.05) is 0 Å². The van der Waals surface area contributed by atoms with Crippen LogP contribution in [-0.4, -0.2) is 0 Å². The SMILES string of the molecule is Cc1cc2c(C(C)C)cccc2[cH-]1.[Cl-].[Cl-].[Ti+3]. The van der Waals surface area contributed by atoms with Crippen LogP contribution in [-0.2, 0) is 21.7 Å². The van der Waals surface area contributed by atoms with Crippen molar-refractivity contribution in [3.63, 3.8) is 0 Å². The Morgan fingerprint density at radius 2 is 1.75 bits per heavy atom. The Morgan fingerprint density at radius 1 is 1.12 bits per heavy atom. The Balaban J connectivity index is 0. The van der Waals surface area contributed by atoms with Crippen molar-refractivity contribution >= 4 is 10.8 Å². The van der Waals surface area contributed by atoms with E-state index >= 15 is 0 Å². The molecule has 0 nitrogen and oxygen atoms in total. The van der Waals surface area contributed by atoms with Crippen molar-refractivity contribution < 1.29 is 46.5 Å². The second kappa shape index (κ2) is 7.45. The Kier molecular flexibility index (Phi) is 8.61. The van der Waals surface area contributed by atoms with Gasteiger partial charge in [0.2, 0.25) is 0 Å². The van der Waals surface area contributed by atoms with Gasteiger partial charge >= 0.3 is 21.7 Å². The van der Waals surface area contributed by atoms with Gasteiger partial charge in [0, 0.05) is 0 Å². The topological polar surface area (TPSA) is 0 Å². The van der Waals surface area contributed by atoms with Crippen molar-refractivity contribution in [2.24, 2.45) is 0 Å². The molecule has 0 aliphatic rings. The summed E-state index contributed by atoms with van der Waals surface area (Å²) in [7, 11) is 0. The quantitative estimate of drug-likeness (QED) is 0.421. The second-order valence-corrected chi connectivity index (χ2v) is 4.04. The molecule has 0 amide bonds. The summed E-state index contributed by atoms with van der Waals surface area (Å²) in [4.78, 5) is 0. The normalized spacial score (nSPS) is 9.25. The van der Waals surface area contributed by atoms with Crippen LogP contribution in [0.4, 0.5) is 0 Å². The molecule has 0 atom stereocenters. The fourth-order valence-corrected chi connectivity index (χ4v) is 1.91. The van der Waals surface area contributed by atoms with E-state index in [0.717, 1.165) is 0 Å². The molecule has 1 radical (unpaired) electrons. The predicted octanol–water partition coefficient (Wildman–Crippen LogP) is -2.00. The zero-order valence-corrected chi connectivity index (χ0v) is 12.8. The van der Waals surface area contributed by atoms with E-state index in [2.05, 4.69) is 51.1 Å². The fraction of sp³-hybridized carbons (Fsp3) is 0.308. The Labute approximate surface area is 125 Å². The van der Waals surface area contributed by atoms with Gasteiger partial charge in [0.05, 0.1) is 0 Å². The van der Waals surface area contributed by atoms with Crippen LogP contribution in [0.25, 0.3) is 10.8 Å². The maximum Gasteiger partial charge on any atom is 3.00 e. The molecule has 0 heterocycles. The van der Waals surface area contributed by atoms with E-state index in [1.54, 1.807) is 0 Å². The maximum atomic E-state index is 2.28. The summed E-state index contributed by atoms with van der Waals surface area (Å²) in [5.74, 6) is 0.616. The first-order chi connectivity index (χ1) is 6.18. The van der Waals surface area contributed by atoms with E-state index in [-0.39, 0.29) is 46.5 Å². The van der Waals surface area contributed by atoms with E-state index in [1.165, 1.54) is 21.9 Å². The summed E-state index contributed by atoms with van der Waals surface area (Å²) in [6, 6.07) is 11.1. The average Bonchev–Trinajstić information content (AvgIpc) is 2.43. The van der Waals surface area contributed by atoms with Crippen molar-refractivity contribution in [2.45, 2.75) is 26.7 Å². The summed E-state index contributed by atoms with van der Waals surface area (Å²) in [5, 5.41) is 2.80. The largest absolute Gasteiger partial charge is 3.00 e. The minimum Gasteiger partial charge on any atom is -1.00 e. The summed E-state index contributed by atoms with van der Waals surface area (Å²) in [6.07, 6.45) is 0. The van der Waals surface area contributed by atoms with Gasteiger partial charge < -0.3 is 24.8 Å². The summed E-state index contributed by atoms with van der Waals surface area (Å²) < 4.78 is 0. The summed E-state index contributed by atoms with van der Waals surface area (Å²) in [6.45, 7) is 6.65. The van der Waals surface area contributed by atoms with Crippen LogP contribution < -0.4 is 24.8 Å². The zero-order chi connectivity index (χ0) is 9.42. The Bertz CT molecular complexity index is 432. The molecule has 16 heavy (non-hydrogen) atoms. The molecule has 2 aromatic rings. The van der Waals surface area contributed by atoms with Crippen molar-refractivity contribution in [1.29, 1.82) is 0 Å². The standard InChI is InChI=1S/C13H15.2ClH.Ti/c1-9(2)12-6-4-5-11-7-10(3)8-13(11)12;;;/h4-9H,1-3H3;2*1H;/q-1;;;+3/p-2. The van der Waals surface area contributed by atoms with Crippen LogP contribution in [0.2, 0.25) is 0 Å². The van der Waals surface area contributed by atoms with Gasteiger partial charge in [-0.1, -0.05) is 32.4 Å². The van der Waals surface area contributed by atoms with Gasteiger partial charge in [-0.05, 0) is 5.92 Å². The van der Waals surface area contributed by atoms with Crippen LogP contribution in [0.15, 0.2) is 30.3 Å². The molecule has 0 aromatic heterocycles. The molecular weight excluding hydrogens is 275 g/mol. The third-order valence-electron chi connectivity index (χ3n) is 2.55. The van der Waals surface area contributed by atoms with Crippen LogP contribution in [0.1, 0.15) is 30.9 Å². The number of rotatable bonds is 1. The minimum absolute atomic E-state index is 0. The second-order valence-electron chi connectivity index (χ2n) is 4.04. The third kappa shape index (κ3) is 3.56. The molecule has 3 heteroatoms. The van der Waals surface area contributed by atoms with Crippen molar-refractivity contribution in [2.75, 3.05) is 0 Å². The first-order valence-electron chi connectivity index (χ1n) is 4.84. The number of hydrogen-bond acceptors (Lipinski definition) is 0. The fourth-order valence-electron chi connectivity index (χ4n) is 1.91. The molecule has 0 aliphatic heterocycles. The third-order valence-corrected chi connectivity index (χ3v) is 2.55. The van der Waals surface area contributed by atoms with E-state index in [9.17, 15) is 0 Å². The number of aryl methyl sites for hydroxylation is 1. The molecule has 0 N–H and O–H groups in total. The first kappa shape index (κ1) is 18.5. The van der Waals surface area contributed by atoms with Gasteiger partial charge in [0.1, 0.15) is 0 Å². The molecule has 0 spiro atoms. The van der Waals surface area contributed by atoms with Crippen LogP contribution in [0.3, 0.4) is 0 Å². The molecule has 0 unspecified atom stereocenters. The molecule has 0 bridgehead atoms. The van der Waals surface area contributed by atoms with E-state index in [0.29, 0.717) is 5.92 Å². The molecule has 0 fully saturated rings. The van der Waals surface area contributed by atoms with Crippen molar-refractivity contribution in [3.05, 3.63) is 41.5 Å². The molecular formula is C13H15Cl2Ti. The number of fused-ring (bicyclic) bond motifs is 1. The van der Waals surface area contributed by atoms with E-state index in [4.69, 9.17) is 0 Å². The van der Waals surface area contributed by atoms with Crippen LogP contribution >= 0.6 is 0 Å². The molecule has 0 saturated carbocycles. The minimum atomic E-state index is 0. The van der Waals surface area contributed by atoms with E-state index < -0.39 is 0 Å². The summed E-state index contributed by atoms with van der Waals surface area (Å²) in [5.41, 5.74) is 2.83. The monoisotopic (exact) mass is 289 g/mol. The van der Waals surface area contributed by atoms with Gasteiger partial charge in [-0.15, -0.1) is 34.5 Å². The molecule has 2 aromatic carbocycles. The van der Waals surface area contributed by atoms with Crippen LogP contribution in [0.5, 0.6) is 0 Å². The van der Waals surface area contributed by atoms with Crippen molar-refractivity contribution in [3.8, 4) is 0 Å². The van der Waals surface area contributed by atoms with Gasteiger partial charge in [-0.2, -0.15) is 6.07 Å². The molecule has 2 rings (SSSR count). The van der Waals surface area contributed by atoms with Crippen molar-refractivity contribution in [1.82, 2.24) is 0 Å². The molecule has 0 saturated heterocycles.